The standard InChI is InChI=1S/C20H24BrNO2/c1-14(2)16-7-9-17(10-8-16)22-20(23)5-4-12-24-19-11-6-15(3)13-18(19)21/h6-11,13-14H,4-5,12H2,1-3H3,(H,22,23). The van der Waals surface area contributed by atoms with E-state index in [0.29, 0.717) is 25.4 Å². The third kappa shape index (κ3) is 5.68. The van der Waals surface area contributed by atoms with Crippen molar-refractivity contribution in [2.24, 2.45) is 0 Å². The van der Waals surface area contributed by atoms with E-state index in [1.54, 1.807) is 0 Å². The van der Waals surface area contributed by atoms with Crippen molar-refractivity contribution in [1.82, 2.24) is 0 Å². The van der Waals surface area contributed by atoms with Crippen LogP contribution in [0.2, 0.25) is 0 Å². The second-order valence-corrected chi connectivity index (χ2v) is 7.07. The highest BCUT2D eigenvalue weighted by atomic mass is 79.9. The molecule has 0 aliphatic rings. The Hall–Kier alpha value is -1.81. The van der Waals surface area contributed by atoms with Crippen molar-refractivity contribution in [1.29, 1.82) is 0 Å². The van der Waals surface area contributed by atoms with Crippen LogP contribution in [0, 0.1) is 6.92 Å². The molecule has 4 heteroatoms. The Morgan fingerprint density at radius 2 is 1.88 bits per heavy atom. The average Bonchev–Trinajstić information content (AvgIpc) is 2.53. The number of nitrogens with one attached hydrogen (secondary N) is 1. The lowest BCUT2D eigenvalue weighted by molar-refractivity contribution is -0.116. The molecule has 0 heterocycles. The molecule has 128 valence electrons. The van der Waals surface area contributed by atoms with Crippen LogP contribution in [0.4, 0.5) is 5.69 Å². The fraction of sp³-hybridized carbons (Fsp3) is 0.350. The summed E-state index contributed by atoms with van der Waals surface area (Å²) in [4.78, 5) is 12.0. The highest BCUT2D eigenvalue weighted by Crippen LogP contribution is 2.25. The van der Waals surface area contributed by atoms with E-state index in [1.807, 2.05) is 37.3 Å². The number of rotatable bonds is 7. The molecule has 0 saturated carbocycles. The number of hydrogen-bond acceptors (Lipinski definition) is 2. The molecule has 0 atom stereocenters. The van der Waals surface area contributed by atoms with Gasteiger partial charge in [0.05, 0.1) is 11.1 Å². The summed E-state index contributed by atoms with van der Waals surface area (Å²) >= 11 is 3.48. The maximum Gasteiger partial charge on any atom is 0.224 e. The van der Waals surface area contributed by atoms with E-state index in [4.69, 9.17) is 4.74 Å². The highest BCUT2D eigenvalue weighted by molar-refractivity contribution is 9.10. The van der Waals surface area contributed by atoms with Gasteiger partial charge in [0.2, 0.25) is 5.91 Å². The first-order valence-corrected chi connectivity index (χ1v) is 9.04. The number of ether oxygens (including phenoxy) is 1. The second-order valence-electron chi connectivity index (χ2n) is 6.21. The van der Waals surface area contributed by atoms with Crippen LogP contribution in [0.15, 0.2) is 46.9 Å². The molecule has 0 radical (unpaired) electrons. The summed E-state index contributed by atoms with van der Waals surface area (Å²) in [7, 11) is 0. The molecule has 0 saturated heterocycles. The van der Waals surface area contributed by atoms with E-state index in [2.05, 4.69) is 47.2 Å². The molecule has 0 aromatic heterocycles. The molecule has 0 aliphatic carbocycles. The van der Waals surface area contributed by atoms with Gasteiger partial charge in [0.25, 0.3) is 0 Å². The minimum atomic E-state index is 0.0128. The number of amides is 1. The number of carbonyl (C=O) groups excluding carboxylic acids is 1. The van der Waals surface area contributed by atoms with Gasteiger partial charge in [-0.3, -0.25) is 4.79 Å². The number of aryl methyl sites for hydroxylation is 1. The number of benzene rings is 2. The zero-order valence-corrected chi connectivity index (χ0v) is 16.0. The Morgan fingerprint density at radius 1 is 1.17 bits per heavy atom. The van der Waals surface area contributed by atoms with E-state index >= 15 is 0 Å². The van der Waals surface area contributed by atoms with Crippen LogP contribution >= 0.6 is 15.9 Å². The van der Waals surface area contributed by atoms with Gasteiger partial charge in [0, 0.05) is 12.1 Å². The Labute approximate surface area is 152 Å². The molecular formula is C20H24BrNO2. The largest absolute Gasteiger partial charge is 0.492 e. The van der Waals surface area contributed by atoms with Crippen molar-refractivity contribution < 1.29 is 9.53 Å². The van der Waals surface area contributed by atoms with E-state index in [1.165, 1.54) is 11.1 Å². The second kappa shape index (κ2) is 8.88. The van der Waals surface area contributed by atoms with Crippen molar-refractivity contribution in [2.45, 2.75) is 39.5 Å². The SMILES string of the molecule is Cc1ccc(OCCCC(=O)Nc2ccc(C(C)C)cc2)c(Br)c1. The van der Waals surface area contributed by atoms with Crippen molar-refractivity contribution >= 4 is 27.5 Å². The molecule has 1 amide bonds. The predicted molar refractivity (Wildman–Crippen MR) is 103 cm³/mol. The van der Waals surface area contributed by atoms with E-state index < -0.39 is 0 Å². The van der Waals surface area contributed by atoms with Gasteiger partial charge in [0.1, 0.15) is 5.75 Å². The zero-order valence-electron chi connectivity index (χ0n) is 14.4. The Morgan fingerprint density at radius 3 is 2.50 bits per heavy atom. The minimum Gasteiger partial charge on any atom is -0.492 e. The molecule has 24 heavy (non-hydrogen) atoms. The fourth-order valence-corrected chi connectivity index (χ4v) is 2.92. The molecule has 3 nitrogen and oxygen atoms in total. The number of carbonyl (C=O) groups is 1. The van der Waals surface area contributed by atoms with Gasteiger partial charge < -0.3 is 10.1 Å². The van der Waals surface area contributed by atoms with Gasteiger partial charge in [0.15, 0.2) is 0 Å². The number of halogens is 1. The Bertz CT molecular complexity index is 681. The third-order valence-electron chi connectivity index (χ3n) is 3.75. The third-order valence-corrected chi connectivity index (χ3v) is 4.37. The summed E-state index contributed by atoms with van der Waals surface area (Å²) < 4.78 is 6.65. The van der Waals surface area contributed by atoms with Gasteiger partial charge in [-0.1, -0.05) is 32.0 Å². The molecule has 0 fully saturated rings. The number of hydrogen-bond donors (Lipinski definition) is 1. The van der Waals surface area contributed by atoms with Crippen LogP contribution in [0.3, 0.4) is 0 Å². The molecule has 2 rings (SSSR count). The topological polar surface area (TPSA) is 38.3 Å². The van der Waals surface area contributed by atoms with Crippen LogP contribution in [-0.2, 0) is 4.79 Å². The summed E-state index contributed by atoms with van der Waals surface area (Å²) in [5.74, 6) is 1.32. The molecule has 0 bridgehead atoms. The van der Waals surface area contributed by atoms with Gasteiger partial charge in [-0.2, -0.15) is 0 Å². The lowest BCUT2D eigenvalue weighted by Gasteiger charge is -2.10. The first-order valence-electron chi connectivity index (χ1n) is 8.24. The molecule has 0 spiro atoms. The lowest BCUT2D eigenvalue weighted by Crippen LogP contribution is -2.12. The quantitative estimate of drug-likeness (QED) is 0.618. The number of anilines is 1. The van der Waals surface area contributed by atoms with Gasteiger partial charge >= 0.3 is 0 Å². The molecule has 0 aliphatic heterocycles. The van der Waals surface area contributed by atoms with E-state index in [9.17, 15) is 4.79 Å². The molecule has 2 aromatic carbocycles. The van der Waals surface area contributed by atoms with Gasteiger partial charge in [-0.15, -0.1) is 0 Å². The van der Waals surface area contributed by atoms with Crippen molar-refractivity contribution in [3.8, 4) is 5.75 Å². The lowest BCUT2D eigenvalue weighted by atomic mass is 10.0. The van der Waals surface area contributed by atoms with Crippen molar-refractivity contribution in [3.63, 3.8) is 0 Å². The summed E-state index contributed by atoms with van der Waals surface area (Å²) in [6.07, 6.45) is 1.12. The summed E-state index contributed by atoms with van der Waals surface area (Å²) in [5, 5.41) is 2.92. The predicted octanol–water partition coefficient (Wildman–Crippen LogP) is 5.68. The average molecular weight is 390 g/mol. The van der Waals surface area contributed by atoms with Crippen LogP contribution < -0.4 is 10.1 Å². The first kappa shape index (κ1) is 18.5. The van der Waals surface area contributed by atoms with Crippen molar-refractivity contribution in [2.75, 3.05) is 11.9 Å². The Balaban J connectivity index is 1.73. The van der Waals surface area contributed by atoms with E-state index in [-0.39, 0.29) is 5.91 Å². The smallest absolute Gasteiger partial charge is 0.224 e. The van der Waals surface area contributed by atoms with Gasteiger partial charge in [-0.05, 0) is 70.6 Å². The van der Waals surface area contributed by atoms with Gasteiger partial charge in [-0.25, -0.2) is 0 Å². The maximum atomic E-state index is 12.0. The summed E-state index contributed by atoms with van der Waals surface area (Å²) in [5.41, 5.74) is 3.29. The molecular weight excluding hydrogens is 366 g/mol. The van der Waals surface area contributed by atoms with Crippen LogP contribution in [0.5, 0.6) is 5.75 Å². The first-order chi connectivity index (χ1) is 11.5. The highest BCUT2D eigenvalue weighted by Gasteiger charge is 2.05. The van der Waals surface area contributed by atoms with Crippen LogP contribution in [0.1, 0.15) is 43.7 Å². The normalized spacial score (nSPS) is 10.7. The van der Waals surface area contributed by atoms with Crippen LogP contribution in [-0.4, -0.2) is 12.5 Å². The fourth-order valence-electron chi connectivity index (χ4n) is 2.31. The van der Waals surface area contributed by atoms with E-state index in [0.717, 1.165) is 15.9 Å². The molecule has 1 N–H and O–H groups in total. The minimum absolute atomic E-state index is 0.0128. The molecule has 2 aromatic rings. The van der Waals surface area contributed by atoms with Crippen LogP contribution in [0.25, 0.3) is 0 Å². The monoisotopic (exact) mass is 389 g/mol. The Kier molecular flexibility index (Phi) is 6.85. The zero-order chi connectivity index (χ0) is 17.5. The van der Waals surface area contributed by atoms with Crippen molar-refractivity contribution in [3.05, 3.63) is 58.1 Å². The maximum absolute atomic E-state index is 12.0. The summed E-state index contributed by atoms with van der Waals surface area (Å²) in [6, 6.07) is 14.0. The molecule has 0 unspecified atom stereocenters. The summed E-state index contributed by atoms with van der Waals surface area (Å²) in [6.45, 7) is 6.86.